The molecule has 0 saturated carbocycles. The number of primary amides is 1. The van der Waals surface area contributed by atoms with Gasteiger partial charge in [0.2, 0.25) is 5.91 Å². The Balaban J connectivity index is 1.24. The molecular formula is C35H38N8O3. The minimum Gasteiger partial charge on any atom is -0.382 e. The highest BCUT2D eigenvalue weighted by molar-refractivity contribution is 5.94. The third-order valence-electron chi connectivity index (χ3n) is 9.57. The van der Waals surface area contributed by atoms with Crippen LogP contribution in [0, 0.1) is 5.92 Å². The lowest BCUT2D eigenvalue weighted by atomic mass is 9.86. The highest BCUT2D eigenvalue weighted by Crippen LogP contribution is 2.39. The lowest BCUT2D eigenvalue weighted by Gasteiger charge is -2.33. The van der Waals surface area contributed by atoms with Crippen LogP contribution >= 0.6 is 0 Å². The Labute approximate surface area is 266 Å². The van der Waals surface area contributed by atoms with Crippen molar-refractivity contribution in [1.29, 1.82) is 0 Å². The summed E-state index contributed by atoms with van der Waals surface area (Å²) in [6.07, 6.45) is 4.82. The number of para-hydroxylation sites is 1. The maximum Gasteiger partial charge on any atom is 0.284 e. The van der Waals surface area contributed by atoms with Crippen LogP contribution in [0.2, 0.25) is 0 Å². The number of fused-ring (bicyclic) bond motifs is 2. The molecule has 0 radical (unpaired) electrons. The number of anilines is 1. The van der Waals surface area contributed by atoms with Crippen molar-refractivity contribution in [2.45, 2.75) is 57.9 Å². The van der Waals surface area contributed by atoms with Gasteiger partial charge in [-0.25, -0.2) is 14.2 Å². The van der Waals surface area contributed by atoms with Crippen LogP contribution in [0.15, 0.2) is 71.8 Å². The van der Waals surface area contributed by atoms with Gasteiger partial charge in [0, 0.05) is 48.6 Å². The third-order valence-corrected chi connectivity index (χ3v) is 9.57. The van der Waals surface area contributed by atoms with Gasteiger partial charge in [0.05, 0.1) is 11.4 Å². The number of nitrogen functional groups attached to an aromatic ring is 1. The predicted molar refractivity (Wildman–Crippen MR) is 176 cm³/mol. The number of aromatic nitrogens is 5. The van der Waals surface area contributed by atoms with Gasteiger partial charge in [0.15, 0.2) is 5.82 Å². The monoisotopic (exact) mass is 618 g/mol. The number of hydrogen-bond donors (Lipinski definition) is 2. The third kappa shape index (κ3) is 4.86. The second kappa shape index (κ2) is 11.6. The Morgan fingerprint density at radius 2 is 1.67 bits per heavy atom. The molecule has 0 bridgehead atoms. The van der Waals surface area contributed by atoms with Crippen molar-refractivity contribution in [1.82, 2.24) is 28.9 Å². The summed E-state index contributed by atoms with van der Waals surface area (Å²) >= 11 is 0. The van der Waals surface area contributed by atoms with E-state index in [1.54, 1.807) is 4.68 Å². The molecule has 1 saturated heterocycles. The molecule has 11 nitrogen and oxygen atoms in total. The summed E-state index contributed by atoms with van der Waals surface area (Å²) in [6, 6.07) is 19.7. The van der Waals surface area contributed by atoms with Crippen molar-refractivity contribution in [2.75, 3.05) is 18.8 Å². The maximum absolute atomic E-state index is 13.6. The van der Waals surface area contributed by atoms with Crippen molar-refractivity contribution in [2.24, 2.45) is 11.7 Å². The minimum absolute atomic E-state index is 0.0138. The molecule has 1 unspecified atom stereocenters. The Bertz CT molecular complexity index is 2000. The molecule has 5 aromatic rings. The zero-order chi connectivity index (χ0) is 32.1. The molecule has 1 fully saturated rings. The molecule has 1 atom stereocenters. The van der Waals surface area contributed by atoms with Crippen molar-refractivity contribution in [3.63, 3.8) is 0 Å². The van der Waals surface area contributed by atoms with Gasteiger partial charge in [-0.15, -0.1) is 0 Å². The topological polar surface area (TPSA) is 147 Å². The van der Waals surface area contributed by atoms with Crippen LogP contribution < -0.4 is 17.0 Å². The average molecular weight is 619 g/mol. The largest absolute Gasteiger partial charge is 0.382 e. The van der Waals surface area contributed by atoms with Crippen molar-refractivity contribution in [3.05, 3.63) is 99.9 Å². The molecule has 5 heterocycles. The zero-order valence-corrected chi connectivity index (χ0v) is 26.1. The number of carbonyl (C=O) groups excluding carboxylic acids is 2. The number of likely N-dealkylation sites (tertiary alicyclic amines) is 1. The number of nitrogens with zero attached hydrogens (tertiary/aromatic N) is 6. The molecule has 11 heteroatoms. The first-order valence-electron chi connectivity index (χ1n) is 16.0. The first-order valence-corrected chi connectivity index (χ1v) is 16.0. The van der Waals surface area contributed by atoms with E-state index < -0.39 is 5.91 Å². The molecule has 2 aliphatic rings. The van der Waals surface area contributed by atoms with Gasteiger partial charge in [0.25, 0.3) is 11.5 Å². The highest BCUT2D eigenvalue weighted by atomic mass is 16.2. The first kappa shape index (κ1) is 29.5. The van der Waals surface area contributed by atoms with E-state index in [-0.39, 0.29) is 34.8 Å². The van der Waals surface area contributed by atoms with Crippen LogP contribution in [0.25, 0.3) is 22.3 Å². The second-order valence-electron chi connectivity index (χ2n) is 12.7. The molecule has 236 valence electrons. The normalized spacial score (nSPS) is 17.0. The summed E-state index contributed by atoms with van der Waals surface area (Å²) < 4.78 is 5.41. The Hall–Kier alpha value is -5.19. The lowest BCUT2D eigenvalue weighted by molar-refractivity contribution is -0.135. The lowest BCUT2D eigenvalue weighted by Crippen LogP contribution is -2.40. The van der Waals surface area contributed by atoms with Crippen LogP contribution in [0.3, 0.4) is 0 Å². The second-order valence-corrected chi connectivity index (χ2v) is 12.7. The fourth-order valence-electron chi connectivity index (χ4n) is 7.36. The smallest absolute Gasteiger partial charge is 0.284 e. The molecule has 3 aromatic heterocycles. The first-order chi connectivity index (χ1) is 22.2. The van der Waals surface area contributed by atoms with E-state index in [0.717, 1.165) is 53.6 Å². The number of piperidine rings is 1. The van der Waals surface area contributed by atoms with Gasteiger partial charge in [-0.05, 0) is 55.0 Å². The Kier molecular flexibility index (Phi) is 7.46. The van der Waals surface area contributed by atoms with E-state index in [1.165, 1.54) is 6.33 Å². The van der Waals surface area contributed by atoms with Crippen LogP contribution in [-0.4, -0.2) is 53.8 Å². The van der Waals surface area contributed by atoms with E-state index in [9.17, 15) is 14.4 Å². The van der Waals surface area contributed by atoms with E-state index >= 15 is 0 Å². The number of amides is 2. The maximum atomic E-state index is 13.6. The van der Waals surface area contributed by atoms with E-state index in [1.807, 2.05) is 58.3 Å². The van der Waals surface area contributed by atoms with E-state index in [4.69, 9.17) is 11.5 Å². The van der Waals surface area contributed by atoms with Crippen molar-refractivity contribution < 1.29 is 9.59 Å². The van der Waals surface area contributed by atoms with Crippen molar-refractivity contribution >= 4 is 23.1 Å². The van der Waals surface area contributed by atoms with Crippen LogP contribution in [0.5, 0.6) is 0 Å². The van der Waals surface area contributed by atoms with Gasteiger partial charge in [-0.2, -0.15) is 5.10 Å². The van der Waals surface area contributed by atoms with Crippen LogP contribution in [0.1, 0.15) is 78.7 Å². The van der Waals surface area contributed by atoms with Crippen molar-refractivity contribution in [3.8, 4) is 16.8 Å². The van der Waals surface area contributed by atoms with Gasteiger partial charge >= 0.3 is 0 Å². The number of benzene rings is 2. The Morgan fingerprint density at radius 1 is 0.957 bits per heavy atom. The molecule has 2 aliphatic heterocycles. The number of carbonyl (C=O) groups is 2. The molecule has 0 aliphatic carbocycles. The van der Waals surface area contributed by atoms with Gasteiger partial charge in [-0.1, -0.05) is 56.3 Å². The van der Waals surface area contributed by atoms with Gasteiger partial charge in [-0.3, -0.25) is 19.1 Å². The molecule has 0 spiro atoms. The fraction of sp³-hybridized carbons (Fsp3) is 0.343. The van der Waals surface area contributed by atoms with E-state index in [0.29, 0.717) is 36.8 Å². The summed E-state index contributed by atoms with van der Waals surface area (Å²) in [5.74, 6) is -0.0742. The van der Waals surface area contributed by atoms with Gasteiger partial charge in [0.1, 0.15) is 17.4 Å². The number of rotatable bonds is 6. The Morgan fingerprint density at radius 3 is 2.35 bits per heavy atom. The molecule has 2 aromatic carbocycles. The minimum atomic E-state index is -0.713. The average Bonchev–Trinajstić information content (AvgIpc) is 3.61. The summed E-state index contributed by atoms with van der Waals surface area (Å²) in [5, 5.41) is 4.59. The molecule has 4 N–H and O–H groups in total. The van der Waals surface area contributed by atoms with Crippen LogP contribution in [0.4, 0.5) is 5.82 Å². The number of nitrogens with two attached hydrogens (primary N) is 2. The van der Waals surface area contributed by atoms with Crippen LogP contribution in [-0.2, 0) is 11.3 Å². The summed E-state index contributed by atoms with van der Waals surface area (Å²) in [6.45, 7) is 5.93. The predicted octanol–water partition coefficient (Wildman–Crippen LogP) is 4.32. The molecule has 7 rings (SSSR count). The summed E-state index contributed by atoms with van der Waals surface area (Å²) in [5.41, 5.74) is 18.0. The zero-order valence-electron chi connectivity index (χ0n) is 26.1. The quantitative estimate of drug-likeness (QED) is 0.290. The molecular weight excluding hydrogens is 580 g/mol. The molecule has 2 amide bonds. The fourth-order valence-corrected chi connectivity index (χ4v) is 7.36. The van der Waals surface area contributed by atoms with Gasteiger partial charge < -0.3 is 16.4 Å². The summed E-state index contributed by atoms with van der Waals surface area (Å²) in [4.78, 5) is 45.1. The standard InChI is InChI=1S/C35H38N8O3/c1-21(2)34(45)40-17-14-24(15-18-40)28-19-27(31-32(36)38-20-39-42(28)31)23-12-10-22(11-13-23)26-9-6-16-41-30(26)29(33(37)44)35(46)43(41)25-7-4-3-5-8-25/h3-5,7-8,10-13,19-21,24,26H,6,9,14-18H2,1-2H3,(H2,37,44)(H2,36,38,39). The summed E-state index contributed by atoms with van der Waals surface area (Å²) in [7, 11) is 0. The SMILES string of the molecule is CC(C)C(=O)N1CCC(c2cc(-c3ccc(C4CCCn5c4c(C(N)=O)c(=O)n5-c4ccccc4)cc3)c3c(N)ncnn23)CC1. The number of hydrogen-bond acceptors (Lipinski definition) is 6. The molecule has 46 heavy (non-hydrogen) atoms. The highest BCUT2D eigenvalue weighted by Gasteiger charge is 2.34. The van der Waals surface area contributed by atoms with E-state index in [2.05, 4.69) is 40.4 Å².